The van der Waals surface area contributed by atoms with Crippen molar-refractivity contribution in [3.63, 3.8) is 0 Å². The van der Waals surface area contributed by atoms with Crippen LogP contribution in [0.1, 0.15) is 24.8 Å². The maximum absolute atomic E-state index is 11.9. The molecule has 4 rings (SSSR count). The molecule has 4 nitrogen and oxygen atoms in total. The maximum atomic E-state index is 11.9. The van der Waals surface area contributed by atoms with Crippen molar-refractivity contribution in [3.8, 4) is 11.3 Å². The zero-order chi connectivity index (χ0) is 20.2. The minimum Gasteiger partial charge on any atom is -0.343 e. The number of amides is 1. The third-order valence-electron chi connectivity index (χ3n) is 5.18. The molecule has 0 unspecified atom stereocenters. The van der Waals surface area contributed by atoms with Crippen molar-refractivity contribution in [3.05, 3.63) is 68.7 Å². The highest BCUT2D eigenvalue weighted by Crippen LogP contribution is 2.23. The van der Waals surface area contributed by atoms with E-state index in [0.29, 0.717) is 6.42 Å². The Hall–Kier alpha value is -2.18. The van der Waals surface area contributed by atoms with E-state index in [0.717, 1.165) is 47.4 Å². The number of hydrogen-bond acceptors (Lipinski definition) is 3. The van der Waals surface area contributed by atoms with E-state index in [4.69, 9.17) is 4.99 Å². The Morgan fingerprint density at radius 3 is 2.52 bits per heavy atom. The molecule has 2 aromatic carbocycles. The van der Waals surface area contributed by atoms with E-state index in [-0.39, 0.29) is 5.91 Å². The summed E-state index contributed by atoms with van der Waals surface area (Å²) in [5, 5.41) is 2.18. The summed E-state index contributed by atoms with van der Waals surface area (Å²) < 4.78 is 3.36. The highest BCUT2D eigenvalue weighted by molar-refractivity contribution is 9.10. The van der Waals surface area contributed by atoms with E-state index >= 15 is 0 Å². The van der Waals surface area contributed by atoms with Gasteiger partial charge in [-0.15, -0.1) is 11.3 Å². The van der Waals surface area contributed by atoms with Crippen molar-refractivity contribution in [2.24, 2.45) is 4.99 Å². The van der Waals surface area contributed by atoms with Gasteiger partial charge in [0.1, 0.15) is 0 Å². The fourth-order valence-corrected chi connectivity index (χ4v) is 4.80. The predicted molar refractivity (Wildman–Crippen MR) is 122 cm³/mol. The molecule has 0 radical (unpaired) electrons. The summed E-state index contributed by atoms with van der Waals surface area (Å²) in [5.41, 5.74) is 4.53. The van der Waals surface area contributed by atoms with E-state index in [1.807, 2.05) is 4.90 Å². The molecule has 0 N–H and O–H groups in total. The SMILES string of the molecule is Cc1ccc(N=c2scc(-c3ccc(Br)cc3)n2CCCN2CCCC2=O)cc1. The number of carbonyl (C=O) groups is 1. The molecular weight excluding hydrogens is 446 g/mol. The smallest absolute Gasteiger partial charge is 0.222 e. The van der Waals surface area contributed by atoms with E-state index < -0.39 is 0 Å². The molecule has 0 aliphatic carbocycles. The zero-order valence-electron chi connectivity index (χ0n) is 16.5. The van der Waals surface area contributed by atoms with Crippen LogP contribution < -0.4 is 4.80 Å². The van der Waals surface area contributed by atoms with Gasteiger partial charge in [-0.05, 0) is 49.6 Å². The fourth-order valence-electron chi connectivity index (χ4n) is 3.58. The van der Waals surface area contributed by atoms with Crippen LogP contribution in [0.3, 0.4) is 0 Å². The Balaban J connectivity index is 1.64. The number of thiazole rings is 1. The second-order valence-electron chi connectivity index (χ2n) is 7.35. The van der Waals surface area contributed by atoms with Crippen molar-refractivity contribution in [1.29, 1.82) is 0 Å². The van der Waals surface area contributed by atoms with Crippen LogP contribution in [0.5, 0.6) is 0 Å². The number of rotatable bonds is 6. The number of hydrogen-bond donors (Lipinski definition) is 0. The first kappa shape index (κ1) is 20.1. The van der Waals surface area contributed by atoms with Crippen LogP contribution in [-0.2, 0) is 11.3 Å². The van der Waals surface area contributed by atoms with Gasteiger partial charge in [0.05, 0.1) is 11.4 Å². The summed E-state index contributed by atoms with van der Waals surface area (Å²) in [6, 6.07) is 16.7. The van der Waals surface area contributed by atoms with Crippen molar-refractivity contribution in [1.82, 2.24) is 9.47 Å². The second-order valence-corrected chi connectivity index (χ2v) is 9.10. The number of nitrogens with zero attached hydrogens (tertiary/aromatic N) is 3. The Morgan fingerprint density at radius 1 is 1.07 bits per heavy atom. The maximum Gasteiger partial charge on any atom is 0.222 e. The Kier molecular flexibility index (Phi) is 6.31. The molecule has 0 spiro atoms. The molecule has 2 heterocycles. The number of halogens is 1. The molecule has 0 atom stereocenters. The number of aromatic nitrogens is 1. The van der Waals surface area contributed by atoms with Crippen molar-refractivity contribution < 1.29 is 4.79 Å². The van der Waals surface area contributed by atoms with E-state index in [2.05, 4.69) is 81.3 Å². The zero-order valence-corrected chi connectivity index (χ0v) is 18.9. The average Bonchev–Trinajstić information content (AvgIpc) is 3.31. The molecule has 1 aliphatic heterocycles. The summed E-state index contributed by atoms with van der Waals surface area (Å²) in [6.45, 7) is 4.63. The molecule has 6 heteroatoms. The van der Waals surface area contributed by atoms with Crippen LogP contribution in [0, 0.1) is 6.92 Å². The van der Waals surface area contributed by atoms with Gasteiger partial charge in [-0.1, -0.05) is 45.8 Å². The largest absolute Gasteiger partial charge is 0.343 e. The van der Waals surface area contributed by atoms with Gasteiger partial charge >= 0.3 is 0 Å². The monoisotopic (exact) mass is 469 g/mol. The van der Waals surface area contributed by atoms with Crippen molar-refractivity contribution in [2.45, 2.75) is 32.7 Å². The van der Waals surface area contributed by atoms with Crippen molar-refractivity contribution >= 4 is 38.9 Å². The summed E-state index contributed by atoms with van der Waals surface area (Å²) in [6.07, 6.45) is 2.61. The van der Waals surface area contributed by atoms with Crippen LogP contribution in [0.15, 0.2) is 63.4 Å². The van der Waals surface area contributed by atoms with E-state index in [9.17, 15) is 4.79 Å². The van der Waals surface area contributed by atoms with Crippen LogP contribution in [0.4, 0.5) is 5.69 Å². The quantitative estimate of drug-likeness (QED) is 0.467. The van der Waals surface area contributed by atoms with E-state index in [1.165, 1.54) is 16.8 Å². The van der Waals surface area contributed by atoms with Gasteiger partial charge in [-0.25, -0.2) is 4.99 Å². The summed E-state index contributed by atoms with van der Waals surface area (Å²) >= 11 is 5.18. The van der Waals surface area contributed by atoms with Gasteiger partial charge < -0.3 is 9.47 Å². The van der Waals surface area contributed by atoms with Gasteiger partial charge in [0.2, 0.25) is 5.91 Å². The average molecular weight is 470 g/mol. The van der Waals surface area contributed by atoms with Gasteiger partial charge in [0.15, 0.2) is 4.80 Å². The van der Waals surface area contributed by atoms with Gasteiger partial charge in [-0.2, -0.15) is 0 Å². The fraction of sp³-hybridized carbons (Fsp3) is 0.304. The first-order valence-corrected chi connectivity index (χ1v) is 11.6. The van der Waals surface area contributed by atoms with Gasteiger partial charge in [-0.3, -0.25) is 4.79 Å². The number of carbonyl (C=O) groups excluding carboxylic acids is 1. The summed E-state index contributed by atoms with van der Waals surface area (Å²) in [7, 11) is 0. The molecule has 0 bridgehead atoms. The second kappa shape index (κ2) is 9.09. The standard InChI is InChI=1S/C23H24BrN3OS/c1-17-5-11-20(12-6-17)25-23-27(15-3-14-26-13-2-4-22(26)28)21(16-29-23)18-7-9-19(24)10-8-18/h5-12,16H,2-4,13-15H2,1H3. The topological polar surface area (TPSA) is 37.6 Å². The molecule has 29 heavy (non-hydrogen) atoms. The summed E-state index contributed by atoms with van der Waals surface area (Å²) in [4.78, 5) is 19.8. The molecule has 1 aromatic heterocycles. The normalized spacial score (nSPS) is 14.8. The number of aryl methyl sites for hydroxylation is 1. The Morgan fingerprint density at radius 2 is 1.83 bits per heavy atom. The first-order chi connectivity index (χ1) is 14.1. The molecule has 150 valence electrons. The molecule has 3 aromatic rings. The first-order valence-electron chi connectivity index (χ1n) is 9.93. The molecule has 1 amide bonds. The van der Waals surface area contributed by atoms with Crippen molar-refractivity contribution in [2.75, 3.05) is 13.1 Å². The van der Waals surface area contributed by atoms with Crippen LogP contribution in [0.25, 0.3) is 11.3 Å². The lowest BCUT2D eigenvalue weighted by Crippen LogP contribution is -2.27. The molecule has 1 saturated heterocycles. The highest BCUT2D eigenvalue weighted by Gasteiger charge is 2.19. The molecular formula is C23H24BrN3OS. The lowest BCUT2D eigenvalue weighted by atomic mass is 10.2. The molecule has 0 saturated carbocycles. The molecule has 1 aliphatic rings. The van der Waals surface area contributed by atoms with E-state index in [1.54, 1.807) is 11.3 Å². The van der Waals surface area contributed by atoms with Crippen LogP contribution in [0.2, 0.25) is 0 Å². The minimum atomic E-state index is 0.290. The Bertz CT molecular complexity index is 1050. The summed E-state index contributed by atoms with van der Waals surface area (Å²) in [5.74, 6) is 0.290. The third kappa shape index (κ3) is 4.87. The minimum absolute atomic E-state index is 0.290. The van der Waals surface area contributed by atoms with Crippen LogP contribution in [-0.4, -0.2) is 28.5 Å². The van der Waals surface area contributed by atoms with Gasteiger partial charge in [0.25, 0.3) is 0 Å². The third-order valence-corrected chi connectivity index (χ3v) is 6.57. The highest BCUT2D eigenvalue weighted by atomic mass is 79.9. The predicted octanol–water partition coefficient (Wildman–Crippen LogP) is 5.53. The Labute approximate surface area is 183 Å². The number of benzene rings is 2. The van der Waals surface area contributed by atoms with Crippen LogP contribution >= 0.6 is 27.3 Å². The van der Waals surface area contributed by atoms with Gasteiger partial charge in [0, 0.05) is 35.9 Å². The lowest BCUT2D eigenvalue weighted by Gasteiger charge is -2.16. The number of likely N-dealkylation sites (tertiary alicyclic amines) is 1. The lowest BCUT2D eigenvalue weighted by molar-refractivity contribution is -0.127. The molecule has 1 fully saturated rings.